The van der Waals surface area contributed by atoms with Crippen LogP contribution in [0, 0.1) is 0 Å². The summed E-state index contributed by atoms with van der Waals surface area (Å²) in [5.74, 6) is -0.0674. The van der Waals surface area contributed by atoms with Crippen molar-refractivity contribution < 1.29 is 61.8 Å². The summed E-state index contributed by atoms with van der Waals surface area (Å²) in [5, 5.41) is 19.2. The van der Waals surface area contributed by atoms with Crippen molar-refractivity contribution in [1.82, 2.24) is 21.3 Å². The normalized spacial score (nSPS) is 13.0. The molecule has 95 heavy (non-hydrogen) atoms. The number of fused-ring (bicyclic) bond motifs is 3. The molecule has 22 heteroatoms. The lowest BCUT2D eigenvalue weighted by atomic mass is 9.77. The fourth-order valence-corrected chi connectivity index (χ4v) is 11.4. The van der Waals surface area contributed by atoms with Gasteiger partial charge in [-0.2, -0.15) is 0 Å². The summed E-state index contributed by atoms with van der Waals surface area (Å²) in [5.41, 5.74) is 14.9. The third kappa shape index (κ3) is 20.4. The highest BCUT2D eigenvalue weighted by atomic mass is 16.6. The van der Waals surface area contributed by atoms with Gasteiger partial charge in [0.05, 0.1) is 92.9 Å². The van der Waals surface area contributed by atoms with Gasteiger partial charge in [0.25, 0.3) is 0 Å². The summed E-state index contributed by atoms with van der Waals surface area (Å²) in [4.78, 5) is 72.8. The maximum atomic E-state index is 14.6. The molecular weight excluding hydrogens is 1210 g/mol. The van der Waals surface area contributed by atoms with E-state index in [0.29, 0.717) is 110 Å². The third-order valence-electron chi connectivity index (χ3n) is 16.1. The Morgan fingerprint density at radius 3 is 1.76 bits per heavy atom. The first-order chi connectivity index (χ1) is 46.5. The van der Waals surface area contributed by atoms with Crippen LogP contribution in [0.25, 0.3) is 21.6 Å². The number of benzene rings is 6. The number of nitrogens with one attached hydrogen (secondary N) is 5. The molecule has 7 aromatic rings. The monoisotopic (exact) mass is 1300 g/mol. The van der Waals surface area contributed by atoms with Gasteiger partial charge in [-0.1, -0.05) is 145 Å². The van der Waals surface area contributed by atoms with Gasteiger partial charge in [0, 0.05) is 35.5 Å². The average Bonchev–Trinajstić information content (AvgIpc) is 1.74. The minimum absolute atomic E-state index is 0.0361. The van der Waals surface area contributed by atoms with Gasteiger partial charge in [0.2, 0.25) is 28.9 Å². The first-order valence-electron chi connectivity index (χ1n) is 31.7. The van der Waals surface area contributed by atoms with Gasteiger partial charge in [-0.15, -0.1) is 0 Å². The SMILES string of the molecule is COc1cc2c(c(OC)c1OC)-c1ccc(OC)c(=O)cc1[C@@H](NC(=O)OCc1ccc(NC(=O)C(CCCCNC(c3ccccc3)(c3ccccc3)c3ccccc3)NC(=O)[C@@H](Cc3ccccc3)NC(=O)CCOCCOCCOCCOCCN=[N+]=[N-])cc1)CC2. The van der Waals surface area contributed by atoms with E-state index < -0.39 is 47.5 Å². The molecule has 500 valence electrons. The minimum Gasteiger partial charge on any atom is -0.493 e. The van der Waals surface area contributed by atoms with Crippen LogP contribution < -0.4 is 51.0 Å². The number of anilines is 1. The molecule has 0 saturated carbocycles. The summed E-state index contributed by atoms with van der Waals surface area (Å²) >= 11 is 0. The number of ether oxygens (including phenoxy) is 9. The zero-order chi connectivity index (χ0) is 67.0. The Bertz CT molecular complexity index is 3580. The topological polar surface area (TPSA) is 277 Å². The van der Waals surface area contributed by atoms with Crippen molar-refractivity contribution >= 4 is 29.5 Å². The van der Waals surface area contributed by atoms with Gasteiger partial charge in [-0.05, 0) is 119 Å². The Labute approximate surface area is 553 Å². The van der Waals surface area contributed by atoms with Crippen LogP contribution in [0.15, 0.2) is 180 Å². The van der Waals surface area contributed by atoms with Gasteiger partial charge in [0.15, 0.2) is 17.2 Å². The smallest absolute Gasteiger partial charge is 0.407 e. The van der Waals surface area contributed by atoms with Gasteiger partial charge < -0.3 is 63.9 Å². The van der Waals surface area contributed by atoms with Crippen LogP contribution >= 0.6 is 0 Å². The minimum atomic E-state index is -1.05. The van der Waals surface area contributed by atoms with E-state index in [0.717, 1.165) is 27.8 Å². The number of azide groups is 1. The highest BCUT2D eigenvalue weighted by molar-refractivity contribution is 5.98. The first kappa shape index (κ1) is 71.1. The second-order valence-electron chi connectivity index (χ2n) is 22.3. The summed E-state index contributed by atoms with van der Waals surface area (Å²) in [6, 6.07) is 50.9. The number of hydrogen-bond acceptors (Lipinski definition) is 16. The zero-order valence-electron chi connectivity index (χ0n) is 54.2. The molecule has 0 aliphatic heterocycles. The fraction of sp³-hybridized carbons (Fsp3) is 0.356. The van der Waals surface area contributed by atoms with Crippen molar-refractivity contribution in [3.8, 4) is 34.1 Å². The molecule has 0 heterocycles. The molecule has 3 atom stereocenters. The lowest BCUT2D eigenvalue weighted by Crippen LogP contribution is -2.53. The largest absolute Gasteiger partial charge is 0.493 e. The second-order valence-corrected chi connectivity index (χ2v) is 22.3. The molecular formula is C73H84N8O14. The number of carbonyl (C=O) groups is 4. The number of nitrogens with zero attached hydrogens (tertiary/aromatic N) is 3. The van der Waals surface area contributed by atoms with Crippen molar-refractivity contribution in [3.05, 3.63) is 229 Å². The van der Waals surface area contributed by atoms with E-state index in [9.17, 15) is 24.0 Å². The second kappa shape index (κ2) is 37.8. The Kier molecular flexibility index (Phi) is 28.3. The molecule has 1 aliphatic rings. The summed E-state index contributed by atoms with van der Waals surface area (Å²) in [7, 11) is 6.00. The van der Waals surface area contributed by atoms with Gasteiger partial charge >= 0.3 is 6.09 Å². The number of carbonyl (C=O) groups excluding carboxylic acids is 4. The van der Waals surface area contributed by atoms with Crippen LogP contribution in [0.3, 0.4) is 0 Å². The van der Waals surface area contributed by atoms with Crippen LogP contribution in [0.4, 0.5) is 10.5 Å². The van der Waals surface area contributed by atoms with E-state index in [1.54, 1.807) is 36.4 Å². The molecule has 1 unspecified atom stereocenters. The molecule has 5 N–H and O–H groups in total. The van der Waals surface area contributed by atoms with Gasteiger partial charge in [-0.25, -0.2) is 4.79 Å². The number of amides is 4. The molecule has 7 aromatic carbocycles. The highest BCUT2D eigenvalue weighted by Gasteiger charge is 2.36. The number of hydrogen-bond donors (Lipinski definition) is 5. The van der Waals surface area contributed by atoms with E-state index in [4.69, 9.17) is 48.2 Å². The van der Waals surface area contributed by atoms with Crippen LogP contribution in [-0.4, -0.2) is 130 Å². The Hall–Kier alpha value is -9.80. The summed E-state index contributed by atoms with van der Waals surface area (Å²) < 4.78 is 50.6. The number of methoxy groups -OCH3 is 4. The van der Waals surface area contributed by atoms with E-state index >= 15 is 0 Å². The van der Waals surface area contributed by atoms with Crippen LogP contribution in [0.2, 0.25) is 0 Å². The van der Waals surface area contributed by atoms with Crippen molar-refractivity contribution in [2.24, 2.45) is 5.11 Å². The number of unbranched alkanes of at least 4 members (excludes halogenated alkanes) is 1. The lowest BCUT2D eigenvalue weighted by molar-refractivity contribution is -0.131. The Morgan fingerprint density at radius 1 is 0.600 bits per heavy atom. The molecule has 8 rings (SSSR count). The molecule has 0 fully saturated rings. The first-order valence-corrected chi connectivity index (χ1v) is 31.7. The van der Waals surface area contributed by atoms with Crippen molar-refractivity contribution in [3.63, 3.8) is 0 Å². The van der Waals surface area contributed by atoms with Crippen molar-refractivity contribution in [2.75, 3.05) is 99.7 Å². The van der Waals surface area contributed by atoms with E-state index in [-0.39, 0.29) is 63.4 Å². The molecule has 0 spiro atoms. The standard InChI is InChI=1S/C73H84N8O14/c1-87-64-35-33-58-59(49-63(64)82)60(34-30-53-48-65(88-2)68(89-3)69(90-4)67(53)58)80-72(86)95-50-52-28-31-57(32-29-52)77-70(84)61(27-17-18-37-75-73(54-21-11-6-12-22-54,55-23-13-7-14-24-55)56-25-15-8-16-26-56)79-71(85)62(47-51-19-9-5-10-20-51)78-66(83)36-39-91-41-43-93-45-46-94-44-42-92-40-38-76-81-74/h5-16,19-26,28-29,31-33,35,48-49,60-62,75H,17-18,27,30,34,36-47,50H2,1-4H3,(H,77,84)(H,78,83)(H,79,85)(H,80,86)/t60-,61?,62+/m0/s1. The average molecular weight is 1300 g/mol. The molecule has 0 radical (unpaired) electrons. The third-order valence-corrected chi connectivity index (χ3v) is 16.1. The van der Waals surface area contributed by atoms with E-state index in [1.165, 1.54) is 34.5 Å². The summed E-state index contributed by atoms with van der Waals surface area (Å²) in [6.45, 7) is 2.97. The molecule has 22 nitrogen and oxygen atoms in total. The zero-order valence-corrected chi connectivity index (χ0v) is 54.2. The maximum absolute atomic E-state index is 14.6. The van der Waals surface area contributed by atoms with Gasteiger partial charge in [-0.3, -0.25) is 24.5 Å². The quantitative estimate of drug-likeness (QED) is 0.00791. The van der Waals surface area contributed by atoms with E-state index in [2.05, 4.69) is 73.0 Å². The Morgan fingerprint density at radius 2 is 1.18 bits per heavy atom. The Balaban J connectivity index is 0.931. The molecule has 4 amide bonds. The number of alkyl carbamates (subject to hydrolysis) is 1. The molecule has 1 aliphatic carbocycles. The lowest BCUT2D eigenvalue weighted by Gasteiger charge is -2.37. The van der Waals surface area contributed by atoms with Crippen LogP contribution in [-0.2, 0) is 63.1 Å². The van der Waals surface area contributed by atoms with Crippen molar-refractivity contribution in [1.29, 1.82) is 0 Å². The maximum Gasteiger partial charge on any atom is 0.407 e. The van der Waals surface area contributed by atoms with E-state index in [1.807, 2.05) is 91.0 Å². The van der Waals surface area contributed by atoms with Crippen LogP contribution in [0.1, 0.15) is 77.1 Å². The molecule has 0 bridgehead atoms. The molecule has 0 saturated heterocycles. The van der Waals surface area contributed by atoms with Crippen LogP contribution in [0.5, 0.6) is 23.0 Å². The highest BCUT2D eigenvalue weighted by Crippen LogP contribution is 2.50. The van der Waals surface area contributed by atoms with Crippen molar-refractivity contribution in [2.45, 2.75) is 75.2 Å². The predicted molar refractivity (Wildman–Crippen MR) is 361 cm³/mol. The number of aryl methyl sites for hydroxylation is 1. The summed E-state index contributed by atoms with van der Waals surface area (Å²) in [6.07, 6.45) is 1.61. The number of rotatable bonds is 38. The molecule has 0 aromatic heterocycles. The predicted octanol–water partition coefficient (Wildman–Crippen LogP) is 10.3. The fourth-order valence-electron chi connectivity index (χ4n) is 11.4. The van der Waals surface area contributed by atoms with Gasteiger partial charge in [0.1, 0.15) is 18.7 Å².